The molecule has 1 saturated carbocycles. The van der Waals surface area contributed by atoms with E-state index in [9.17, 15) is 14.7 Å². The fourth-order valence-corrected chi connectivity index (χ4v) is 3.16. The van der Waals surface area contributed by atoms with Crippen molar-refractivity contribution in [1.29, 1.82) is 0 Å². The van der Waals surface area contributed by atoms with Crippen molar-refractivity contribution in [2.45, 2.75) is 51.2 Å². The van der Waals surface area contributed by atoms with Crippen molar-refractivity contribution in [2.24, 2.45) is 11.8 Å². The van der Waals surface area contributed by atoms with Crippen LogP contribution in [0.1, 0.15) is 39.0 Å². The van der Waals surface area contributed by atoms with Gasteiger partial charge in [0.25, 0.3) is 0 Å². The van der Waals surface area contributed by atoms with Crippen molar-refractivity contribution in [3.05, 3.63) is 0 Å². The Morgan fingerprint density at radius 2 is 1.85 bits per heavy atom. The van der Waals surface area contributed by atoms with Gasteiger partial charge in [0.1, 0.15) is 0 Å². The SMILES string of the molecule is C[C@@H]1CN(C(=O)NC2CCCCCC2O)C[C@H]1C(=O)O. The van der Waals surface area contributed by atoms with Gasteiger partial charge in [0, 0.05) is 13.1 Å². The number of carboxylic acid groups (broad SMARTS) is 1. The quantitative estimate of drug-likeness (QED) is 0.661. The molecule has 2 aliphatic rings. The summed E-state index contributed by atoms with van der Waals surface area (Å²) in [6.45, 7) is 2.57. The minimum atomic E-state index is -0.845. The van der Waals surface area contributed by atoms with Gasteiger partial charge in [0.05, 0.1) is 18.1 Å². The van der Waals surface area contributed by atoms with E-state index in [0.29, 0.717) is 6.54 Å². The van der Waals surface area contributed by atoms with Crippen LogP contribution in [-0.4, -0.2) is 52.3 Å². The molecule has 2 amide bonds. The van der Waals surface area contributed by atoms with Crippen molar-refractivity contribution in [3.8, 4) is 0 Å². The Morgan fingerprint density at radius 3 is 2.50 bits per heavy atom. The molecule has 2 fully saturated rings. The van der Waals surface area contributed by atoms with Gasteiger partial charge in [-0.15, -0.1) is 0 Å². The zero-order chi connectivity index (χ0) is 14.7. The molecule has 0 spiro atoms. The van der Waals surface area contributed by atoms with Crippen molar-refractivity contribution in [1.82, 2.24) is 10.2 Å². The lowest BCUT2D eigenvalue weighted by Gasteiger charge is -2.25. The third-order valence-corrected chi connectivity index (χ3v) is 4.51. The van der Waals surface area contributed by atoms with E-state index in [-0.39, 0.29) is 24.5 Å². The van der Waals surface area contributed by atoms with Crippen LogP contribution in [0.25, 0.3) is 0 Å². The van der Waals surface area contributed by atoms with Crippen LogP contribution in [0.5, 0.6) is 0 Å². The number of rotatable bonds is 2. The highest BCUT2D eigenvalue weighted by Crippen LogP contribution is 2.24. The molecule has 0 aromatic heterocycles. The highest BCUT2D eigenvalue weighted by atomic mass is 16.4. The summed E-state index contributed by atoms with van der Waals surface area (Å²) < 4.78 is 0. The largest absolute Gasteiger partial charge is 0.481 e. The van der Waals surface area contributed by atoms with Crippen molar-refractivity contribution < 1.29 is 19.8 Å². The van der Waals surface area contributed by atoms with Crippen LogP contribution in [0.3, 0.4) is 0 Å². The van der Waals surface area contributed by atoms with Crippen LogP contribution in [0.2, 0.25) is 0 Å². The number of urea groups is 1. The van der Waals surface area contributed by atoms with Crippen LogP contribution in [-0.2, 0) is 4.79 Å². The number of likely N-dealkylation sites (tertiary alicyclic amines) is 1. The Kier molecular flexibility index (Phi) is 4.86. The van der Waals surface area contributed by atoms with Gasteiger partial charge in [-0.25, -0.2) is 4.79 Å². The average molecular weight is 284 g/mol. The predicted molar refractivity (Wildman–Crippen MR) is 73.3 cm³/mol. The summed E-state index contributed by atoms with van der Waals surface area (Å²) >= 11 is 0. The van der Waals surface area contributed by atoms with Crippen molar-refractivity contribution in [3.63, 3.8) is 0 Å². The number of hydrogen-bond acceptors (Lipinski definition) is 3. The maximum Gasteiger partial charge on any atom is 0.317 e. The molecule has 0 radical (unpaired) electrons. The number of nitrogens with one attached hydrogen (secondary N) is 1. The summed E-state index contributed by atoms with van der Waals surface area (Å²) in [6.07, 6.45) is 4.12. The molecule has 0 aromatic rings. The molecule has 1 aliphatic carbocycles. The highest BCUT2D eigenvalue weighted by molar-refractivity contribution is 5.77. The number of carboxylic acids is 1. The number of nitrogens with zero attached hydrogens (tertiary/aromatic N) is 1. The summed E-state index contributed by atoms with van der Waals surface area (Å²) in [6, 6.07) is -0.448. The third kappa shape index (κ3) is 3.42. The minimum Gasteiger partial charge on any atom is -0.481 e. The lowest BCUT2D eigenvalue weighted by Crippen LogP contribution is -2.48. The number of aliphatic carboxylic acids is 1. The molecule has 3 N–H and O–H groups in total. The second-order valence-electron chi connectivity index (χ2n) is 6.09. The molecule has 6 nitrogen and oxygen atoms in total. The Balaban J connectivity index is 1.90. The van der Waals surface area contributed by atoms with E-state index in [4.69, 9.17) is 5.11 Å². The van der Waals surface area contributed by atoms with Crippen LogP contribution >= 0.6 is 0 Å². The zero-order valence-electron chi connectivity index (χ0n) is 11.9. The molecule has 0 bridgehead atoms. The van der Waals surface area contributed by atoms with Gasteiger partial charge in [0.2, 0.25) is 0 Å². The van der Waals surface area contributed by atoms with Gasteiger partial charge in [-0.2, -0.15) is 0 Å². The number of hydrogen-bond donors (Lipinski definition) is 3. The molecule has 1 saturated heterocycles. The summed E-state index contributed by atoms with van der Waals surface area (Å²) in [4.78, 5) is 24.8. The maximum absolute atomic E-state index is 12.2. The number of carbonyl (C=O) groups excluding carboxylic acids is 1. The Morgan fingerprint density at radius 1 is 1.15 bits per heavy atom. The van der Waals surface area contributed by atoms with E-state index in [0.717, 1.165) is 32.1 Å². The van der Waals surface area contributed by atoms with Gasteiger partial charge < -0.3 is 20.4 Å². The monoisotopic (exact) mass is 284 g/mol. The molecular weight excluding hydrogens is 260 g/mol. The lowest BCUT2D eigenvalue weighted by atomic mass is 9.99. The molecule has 2 rings (SSSR count). The first-order valence-electron chi connectivity index (χ1n) is 7.45. The summed E-state index contributed by atoms with van der Waals surface area (Å²) in [5.74, 6) is -1.36. The number of carbonyl (C=O) groups is 2. The fraction of sp³-hybridized carbons (Fsp3) is 0.857. The molecule has 20 heavy (non-hydrogen) atoms. The van der Waals surface area contributed by atoms with E-state index in [2.05, 4.69) is 5.32 Å². The molecule has 1 aliphatic heterocycles. The Hall–Kier alpha value is -1.30. The first kappa shape index (κ1) is 15.1. The summed E-state index contributed by atoms with van der Waals surface area (Å²) in [5, 5.41) is 22.0. The number of amides is 2. The van der Waals surface area contributed by atoms with E-state index in [1.807, 2.05) is 6.92 Å². The number of aliphatic hydroxyl groups is 1. The first-order chi connectivity index (χ1) is 9.49. The third-order valence-electron chi connectivity index (χ3n) is 4.51. The van der Waals surface area contributed by atoms with Crippen molar-refractivity contribution in [2.75, 3.05) is 13.1 Å². The van der Waals surface area contributed by atoms with Gasteiger partial charge in [0.15, 0.2) is 0 Å². The Bertz CT molecular complexity index is 374. The standard InChI is InChI=1S/C14H24N2O4/c1-9-7-16(8-10(9)13(18)19)14(20)15-11-5-3-2-4-6-12(11)17/h9-12,17H,2-8H2,1H3,(H,15,20)(H,18,19)/t9-,10-,11?,12?/m1/s1. The highest BCUT2D eigenvalue weighted by Gasteiger charge is 2.37. The van der Waals surface area contributed by atoms with Gasteiger partial charge in [-0.1, -0.05) is 26.2 Å². The fourth-order valence-electron chi connectivity index (χ4n) is 3.16. The molecule has 6 heteroatoms. The van der Waals surface area contributed by atoms with E-state index in [1.165, 1.54) is 0 Å². The van der Waals surface area contributed by atoms with Gasteiger partial charge in [-0.3, -0.25) is 4.79 Å². The zero-order valence-corrected chi connectivity index (χ0v) is 11.9. The summed E-state index contributed by atoms with van der Waals surface area (Å²) in [5.41, 5.74) is 0. The van der Waals surface area contributed by atoms with Crippen LogP contribution in [0.15, 0.2) is 0 Å². The average Bonchev–Trinajstić information content (AvgIpc) is 2.68. The first-order valence-corrected chi connectivity index (χ1v) is 7.45. The van der Waals surface area contributed by atoms with Crippen LogP contribution in [0, 0.1) is 11.8 Å². The van der Waals surface area contributed by atoms with Crippen LogP contribution in [0.4, 0.5) is 4.79 Å². The second-order valence-corrected chi connectivity index (χ2v) is 6.09. The lowest BCUT2D eigenvalue weighted by molar-refractivity contribution is -0.142. The van der Waals surface area contributed by atoms with Crippen molar-refractivity contribution >= 4 is 12.0 Å². The molecule has 1 heterocycles. The number of aliphatic hydroxyl groups excluding tert-OH is 1. The molecular formula is C14H24N2O4. The normalized spacial score (nSPS) is 34.6. The summed E-state index contributed by atoms with van der Waals surface area (Å²) in [7, 11) is 0. The van der Waals surface area contributed by atoms with E-state index < -0.39 is 18.0 Å². The molecule has 4 atom stereocenters. The smallest absolute Gasteiger partial charge is 0.317 e. The Labute approximate surface area is 119 Å². The minimum absolute atomic E-state index is 0.0303. The molecule has 0 aromatic carbocycles. The van der Waals surface area contributed by atoms with E-state index in [1.54, 1.807) is 4.90 Å². The second kappa shape index (κ2) is 6.43. The van der Waals surface area contributed by atoms with Gasteiger partial charge >= 0.3 is 12.0 Å². The van der Waals surface area contributed by atoms with E-state index >= 15 is 0 Å². The predicted octanol–water partition coefficient (Wildman–Crippen LogP) is 1.04. The topological polar surface area (TPSA) is 89.9 Å². The molecule has 2 unspecified atom stereocenters. The van der Waals surface area contributed by atoms with Gasteiger partial charge in [-0.05, 0) is 18.8 Å². The maximum atomic E-state index is 12.2. The van der Waals surface area contributed by atoms with Crippen LogP contribution < -0.4 is 5.32 Å². The molecule has 114 valence electrons.